The molecule has 0 bridgehead atoms. The summed E-state index contributed by atoms with van der Waals surface area (Å²) in [6.07, 6.45) is 1.78. The second-order valence-corrected chi connectivity index (χ2v) is 14.6. The van der Waals surface area contributed by atoms with Gasteiger partial charge in [-0.1, -0.05) is 19.4 Å². The van der Waals surface area contributed by atoms with Crippen LogP contribution in [0.4, 0.5) is 0 Å². The van der Waals surface area contributed by atoms with Gasteiger partial charge in [0.2, 0.25) is 0 Å². The molecule has 9 heteroatoms. The highest BCUT2D eigenvalue weighted by Crippen LogP contribution is 2.82. The second-order valence-electron chi connectivity index (χ2n) is 14.6. The van der Waals surface area contributed by atoms with Crippen LogP contribution < -0.4 is 0 Å². The van der Waals surface area contributed by atoms with E-state index in [0.717, 1.165) is 24.0 Å². The first-order chi connectivity index (χ1) is 19.9. The maximum atomic E-state index is 14.3. The maximum absolute atomic E-state index is 14.3. The van der Waals surface area contributed by atoms with Gasteiger partial charge in [-0.25, -0.2) is 9.59 Å². The predicted octanol–water partition coefficient (Wildman–Crippen LogP) is 2.45. The van der Waals surface area contributed by atoms with Gasteiger partial charge in [-0.3, -0.25) is 9.59 Å². The van der Waals surface area contributed by atoms with Crippen LogP contribution in [0.3, 0.4) is 0 Å². The Morgan fingerprint density at radius 3 is 2.48 bits per heavy atom. The first kappa shape index (κ1) is 26.8. The number of allylic oxidation sites excluding steroid dienone is 1. The predicted molar refractivity (Wildman–Crippen MR) is 145 cm³/mol. The van der Waals surface area contributed by atoms with E-state index in [1.165, 1.54) is 19.6 Å². The maximum Gasteiger partial charge on any atom is 0.337 e. The van der Waals surface area contributed by atoms with Crippen LogP contribution >= 0.6 is 0 Å². The fourth-order valence-electron chi connectivity index (χ4n) is 11.7. The van der Waals surface area contributed by atoms with Crippen LogP contribution in [0, 0.1) is 58.2 Å². The van der Waals surface area contributed by atoms with Crippen molar-refractivity contribution in [3.8, 4) is 0 Å². The highest BCUT2D eigenvalue weighted by Gasteiger charge is 2.81. The van der Waals surface area contributed by atoms with Crippen LogP contribution in [-0.2, 0) is 33.4 Å². The van der Waals surface area contributed by atoms with Crippen LogP contribution in [-0.4, -0.2) is 65.9 Å². The van der Waals surface area contributed by atoms with Crippen LogP contribution in [0.2, 0.25) is 0 Å². The third-order valence-corrected chi connectivity index (χ3v) is 13.5. The number of ether oxygens (including phenoxy) is 3. The van der Waals surface area contributed by atoms with Crippen molar-refractivity contribution in [3.63, 3.8) is 0 Å². The Labute approximate surface area is 244 Å². The third kappa shape index (κ3) is 2.75. The number of aliphatic hydroxyl groups is 2. The van der Waals surface area contributed by atoms with Crippen molar-refractivity contribution in [2.24, 2.45) is 58.2 Å². The summed E-state index contributed by atoms with van der Waals surface area (Å²) in [6, 6.07) is 0. The molecule has 6 unspecified atom stereocenters. The highest BCUT2D eigenvalue weighted by atomic mass is 16.6. The molecule has 2 N–H and O–H groups in total. The van der Waals surface area contributed by atoms with Crippen molar-refractivity contribution in [2.75, 3.05) is 20.3 Å². The van der Waals surface area contributed by atoms with Gasteiger partial charge in [0, 0.05) is 29.4 Å². The fraction of sp³-hybridized carbons (Fsp3) is 0.697. The molecule has 0 amide bonds. The number of Topliss-reactive ketones (excluding diaryl/α,β-unsaturated/α-hetero) is 1. The number of carbonyl (C=O) groups is 4. The number of fused-ring (bicyclic) bond motifs is 7. The Kier molecular flexibility index (Phi) is 5.13. The van der Waals surface area contributed by atoms with E-state index >= 15 is 0 Å². The summed E-state index contributed by atoms with van der Waals surface area (Å²) in [4.78, 5) is 52.8. The number of hydrogen-bond donors (Lipinski definition) is 2. The number of ketones is 1. The quantitative estimate of drug-likeness (QED) is 0.223. The monoisotopic (exact) mass is 578 g/mol. The van der Waals surface area contributed by atoms with E-state index in [2.05, 4.69) is 6.92 Å². The zero-order chi connectivity index (χ0) is 29.8. The van der Waals surface area contributed by atoms with E-state index < -0.39 is 47.4 Å². The zero-order valence-corrected chi connectivity index (χ0v) is 24.7. The van der Waals surface area contributed by atoms with Crippen LogP contribution in [0.1, 0.15) is 53.4 Å². The molecule has 8 aliphatic rings. The molecule has 1 heterocycles. The zero-order valence-electron chi connectivity index (χ0n) is 24.7. The van der Waals surface area contributed by atoms with E-state index in [9.17, 15) is 29.4 Å². The van der Waals surface area contributed by atoms with E-state index in [-0.39, 0.29) is 57.7 Å². The van der Waals surface area contributed by atoms with E-state index in [1.54, 1.807) is 6.92 Å². The first-order valence-corrected chi connectivity index (χ1v) is 15.3. The van der Waals surface area contributed by atoms with E-state index in [1.807, 2.05) is 6.92 Å². The molecule has 0 radical (unpaired) electrons. The number of hydrogen-bond acceptors (Lipinski definition) is 9. The smallest absolute Gasteiger partial charge is 0.337 e. The lowest BCUT2D eigenvalue weighted by Crippen LogP contribution is -2.66. The molecule has 5 fully saturated rings. The number of aliphatic hydroxyl groups excluding tert-OH is 2. The number of esters is 3. The molecule has 1 aliphatic heterocycles. The van der Waals surface area contributed by atoms with Gasteiger partial charge in [-0.15, -0.1) is 0 Å². The Bertz CT molecular complexity index is 1500. The summed E-state index contributed by atoms with van der Waals surface area (Å²) in [6.45, 7) is 7.09. The molecule has 0 aromatic heterocycles. The normalized spacial score (nSPS) is 49.7. The van der Waals surface area contributed by atoms with Gasteiger partial charge in [0.1, 0.15) is 11.7 Å². The minimum absolute atomic E-state index is 0.105. The summed E-state index contributed by atoms with van der Waals surface area (Å²) >= 11 is 0. The Morgan fingerprint density at radius 1 is 1.07 bits per heavy atom. The van der Waals surface area contributed by atoms with Gasteiger partial charge in [-0.2, -0.15) is 0 Å². The van der Waals surface area contributed by atoms with Crippen LogP contribution in [0.15, 0.2) is 33.4 Å². The minimum Gasteiger partial charge on any atom is -0.466 e. The van der Waals surface area contributed by atoms with Gasteiger partial charge >= 0.3 is 17.9 Å². The fourth-order valence-corrected chi connectivity index (χ4v) is 11.7. The second kappa shape index (κ2) is 8.03. The Balaban J connectivity index is 1.40. The van der Waals surface area contributed by atoms with Crippen molar-refractivity contribution in [2.45, 2.75) is 65.1 Å². The highest BCUT2D eigenvalue weighted by molar-refractivity contribution is 6.09. The molecule has 0 aromatic rings. The van der Waals surface area contributed by atoms with Crippen molar-refractivity contribution >= 4 is 23.7 Å². The molecular weight excluding hydrogens is 540 g/mol. The number of rotatable bonds is 4. The Morgan fingerprint density at radius 2 is 1.81 bits per heavy atom. The van der Waals surface area contributed by atoms with Gasteiger partial charge in [0.25, 0.3) is 0 Å². The van der Waals surface area contributed by atoms with E-state index in [0.29, 0.717) is 31.3 Å². The van der Waals surface area contributed by atoms with Gasteiger partial charge in [-0.05, 0) is 84.7 Å². The van der Waals surface area contributed by atoms with Gasteiger partial charge in [0.15, 0.2) is 5.78 Å². The summed E-state index contributed by atoms with van der Waals surface area (Å²) in [5.41, 5.74) is 1.12. The summed E-state index contributed by atoms with van der Waals surface area (Å²) in [5, 5.41) is 22.2. The molecule has 0 saturated heterocycles. The van der Waals surface area contributed by atoms with Crippen molar-refractivity contribution in [1.29, 1.82) is 0 Å². The average Bonchev–Trinajstić information content (AvgIpc) is 3.86. The molecule has 12 atom stereocenters. The molecule has 9 nitrogen and oxygen atoms in total. The van der Waals surface area contributed by atoms with Crippen LogP contribution in [0.25, 0.3) is 0 Å². The van der Waals surface area contributed by atoms with Gasteiger partial charge in [0.05, 0.1) is 31.8 Å². The largest absolute Gasteiger partial charge is 0.466 e. The lowest BCUT2D eigenvalue weighted by atomic mass is 9.42. The third-order valence-electron chi connectivity index (χ3n) is 13.5. The first-order valence-electron chi connectivity index (χ1n) is 15.3. The molecule has 0 aromatic carbocycles. The summed E-state index contributed by atoms with van der Waals surface area (Å²) in [7, 11) is 1.27. The van der Waals surface area contributed by atoms with Crippen molar-refractivity contribution in [3.05, 3.63) is 33.4 Å². The summed E-state index contributed by atoms with van der Waals surface area (Å²) < 4.78 is 17.3. The molecule has 7 aliphatic carbocycles. The Hall–Kier alpha value is -2.78. The molecule has 1 spiro atoms. The molecule has 224 valence electrons. The standard InChI is InChI=1S/C33H38O9/c1-12(29(38)40-5)24-26-25-16(14-6-20(14)32(25,4)28(37)27(24)36)8-23-31(3)19-7-15(19)18(11-41-13(2)35)21(31)9-22-17(10-34)30(39)42-33(22,23)26/h14-15,18-21,23,26,28,34,37H,6-11H2,1-5H3/t14?,15?,18?,19?,20?,21-,23-,26-,28?,31-,32-,33-/m0/s1. The molecular formula is C33H38O9. The van der Waals surface area contributed by atoms with Gasteiger partial charge < -0.3 is 24.4 Å². The number of methoxy groups -OCH3 is 1. The lowest BCUT2D eigenvalue weighted by molar-refractivity contribution is -0.179. The molecule has 8 rings (SSSR count). The van der Waals surface area contributed by atoms with Crippen LogP contribution in [0.5, 0.6) is 0 Å². The molecule has 5 saturated carbocycles. The van der Waals surface area contributed by atoms with Crippen molar-refractivity contribution < 1.29 is 43.6 Å². The number of carbonyl (C=O) groups excluding carboxylic acids is 4. The minimum atomic E-state index is -1.31. The van der Waals surface area contributed by atoms with Crippen molar-refractivity contribution in [1.82, 2.24) is 0 Å². The summed E-state index contributed by atoms with van der Waals surface area (Å²) in [5.74, 6) is -1.61. The SMILES string of the molecule is COC(=O)C(C)=C1C(=O)C(O)[C@]2(C)C3=C(C[C@@H]4[C@]5(OC(=O)C(CO)=C5C[C@H]5C(COC(C)=O)C6CC6[C@]45C)[C@@H]13)C1CC12. The topological polar surface area (TPSA) is 136 Å². The molecule has 42 heavy (non-hydrogen) atoms. The average molecular weight is 579 g/mol. The lowest BCUT2D eigenvalue weighted by Gasteiger charge is -2.63. The van der Waals surface area contributed by atoms with E-state index in [4.69, 9.17) is 14.2 Å².